The normalized spacial score (nSPS) is 22.7. The Bertz CT molecular complexity index is 304. The van der Waals surface area contributed by atoms with Crippen molar-refractivity contribution in [2.45, 2.75) is 64.0 Å². The molecule has 2 heterocycles. The second kappa shape index (κ2) is 11.5. The van der Waals surface area contributed by atoms with Gasteiger partial charge >= 0.3 is 0 Å². The van der Waals surface area contributed by atoms with Gasteiger partial charge in [-0.2, -0.15) is 0 Å². The SMILES string of the molecule is CCCN1CCC(N(C)C(=O)CCC2CCCN2)CC1.Cl.Cl. The van der Waals surface area contributed by atoms with Gasteiger partial charge in [-0.05, 0) is 51.6 Å². The molecular formula is C16H33Cl2N3O. The minimum absolute atomic E-state index is 0. The Morgan fingerprint density at radius 1 is 1.23 bits per heavy atom. The molecule has 1 amide bonds. The highest BCUT2D eigenvalue weighted by Crippen LogP contribution is 2.18. The number of amides is 1. The highest BCUT2D eigenvalue weighted by Gasteiger charge is 2.25. The summed E-state index contributed by atoms with van der Waals surface area (Å²) < 4.78 is 0. The van der Waals surface area contributed by atoms with Crippen molar-refractivity contribution in [2.24, 2.45) is 0 Å². The molecule has 2 fully saturated rings. The molecule has 22 heavy (non-hydrogen) atoms. The molecule has 1 atom stereocenters. The zero-order valence-electron chi connectivity index (χ0n) is 14.1. The third-order valence-corrected chi connectivity index (χ3v) is 4.91. The van der Waals surface area contributed by atoms with Crippen LogP contribution in [0.3, 0.4) is 0 Å². The van der Waals surface area contributed by atoms with Gasteiger partial charge in [0.2, 0.25) is 5.91 Å². The van der Waals surface area contributed by atoms with Gasteiger partial charge in [-0.1, -0.05) is 6.92 Å². The van der Waals surface area contributed by atoms with Gasteiger partial charge in [-0.3, -0.25) is 4.79 Å². The predicted molar refractivity (Wildman–Crippen MR) is 97.3 cm³/mol. The number of likely N-dealkylation sites (tertiary alicyclic amines) is 1. The van der Waals surface area contributed by atoms with E-state index < -0.39 is 0 Å². The first-order chi connectivity index (χ1) is 9.70. The van der Waals surface area contributed by atoms with Gasteiger partial charge < -0.3 is 15.1 Å². The number of halogens is 2. The van der Waals surface area contributed by atoms with Crippen LogP contribution in [0.15, 0.2) is 0 Å². The van der Waals surface area contributed by atoms with Crippen LogP contribution >= 0.6 is 24.8 Å². The number of hydrogen-bond acceptors (Lipinski definition) is 3. The zero-order valence-corrected chi connectivity index (χ0v) is 15.7. The van der Waals surface area contributed by atoms with Gasteiger partial charge in [-0.25, -0.2) is 0 Å². The summed E-state index contributed by atoms with van der Waals surface area (Å²) in [5, 5.41) is 3.47. The molecule has 4 nitrogen and oxygen atoms in total. The topological polar surface area (TPSA) is 35.6 Å². The van der Waals surface area contributed by atoms with E-state index in [-0.39, 0.29) is 24.8 Å². The summed E-state index contributed by atoms with van der Waals surface area (Å²) in [6.45, 7) is 6.88. The van der Waals surface area contributed by atoms with Crippen molar-refractivity contribution in [2.75, 3.05) is 33.2 Å². The summed E-state index contributed by atoms with van der Waals surface area (Å²) in [5.74, 6) is 0.340. The summed E-state index contributed by atoms with van der Waals surface area (Å²) in [5.41, 5.74) is 0. The maximum absolute atomic E-state index is 12.3. The lowest BCUT2D eigenvalue weighted by Gasteiger charge is -2.36. The number of carbonyl (C=O) groups excluding carboxylic acids is 1. The number of piperidine rings is 1. The maximum atomic E-state index is 12.3. The quantitative estimate of drug-likeness (QED) is 0.797. The molecule has 0 aromatic carbocycles. The highest BCUT2D eigenvalue weighted by atomic mass is 35.5. The van der Waals surface area contributed by atoms with Gasteiger partial charge in [0.15, 0.2) is 0 Å². The minimum Gasteiger partial charge on any atom is -0.343 e. The Hall–Kier alpha value is -0.0300. The number of rotatable bonds is 6. The Morgan fingerprint density at radius 2 is 1.91 bits per heavy atom. The van der Waals surface area contributed by atoms with E-state index in [0.29, 0.717) is 24.4 Å². The smallest absolute Gasteiger partial charge is 0.222 e. The Morgan fingerprint density at radius 3 is 2.45 bits per heavy atom. The van der Waals surface area contributed by atoms with Crippen molar-refractivity contribution < 1.29 is 4.79 Å². The number of carbonyl (C=O) groups is 1. The van der Waals surface area contributed by atoms with E-state index in [4.69, 9.17) is 0 Å². The summed E-state index contributed by atoms with van der Waals surface area (Å²) in [6.07, 6.45) is 7.75. The maximum Gasteiger partial charge on any atom is 0.222 e. The predicted octanol–water partition coefficient (Wildman–Crippen LogP) is 2.70. The van der Waals surface area contributed by atoms with Crippen molar-refractivity contribution in [3.63, 3.8) is 0 Å². The largest absolute Gasteiger partial charge is 0.343 e. The molecule has 0 aromatic heterocycles. The molecule has 0 spiro atoms. The third kappa shape index (κ3) is 6.61. The van der Waals surface area contributed by atoms with Crippen LogP contribution in [0.2, 0.25) is 0 Å². The Balaban J connectivity index is 0.00000220. The van der Waals surface area contributed by atoms with Crippen LogP contribution in [0.25, 0.3) is 0 Å². The van der Waals surface area contributed by atoms with Crippen LogP contribution in [-0.4, -0.2) is 61.0 Å². The molecule has 0 radical (unpaired) electrons. The lowest BCUT2D eigenvalue weighted by atomic mass is 10.0. The Labute approximate surface area is 148 Å². The fourth-order valence-electron chi connectivity index (χ4n) is 3.53. The lowest BCUT2D eigenvalue weighted by Crippen LogP contribution is -2.45. The van der Waals surface area contributed by atoms with Gasteiger partial charge in [0, 0.05) is 38.6 Å². The molecule has 0 aliphatic carbocycles. The van der Waals surface area contributed by atoms with Gasteiger partial charge in [0.05, 0.1) is 0 Å². The molecule has 2 rings (SSSR count). The van der Waals surface area contributed by atoms with Crippen LogP contribution < -0.4 is 5.32 Å². The van der Waals surface area contributed by atoms with Gasteiger partial charge in [0.25, 0.3) is 0 Å². The Kier molecular flexibility index (Phi) is 11.5. The molecule has 2 saturated heterocycles. The molecule has 0 bridgehead atoms. The summed E-state index contributed by atoms with van der Waals surface area (Å²) in [6, 6.07) is 1.05. The average molecular weight is 354 g/mol. The number of nitrogens with one attached hydrogen (secondary N) is 1. The summed E-state index contributed by atoms with van der Waals surface area (Å²) >= 11 is 0. The van der Waals surface area contributed by atoms with E-state index >= 15 is 0 Å². The van der Waals surface area contributed by atoms with Gasteiger partial charge in [0.1, 0.15) is 0 Å². The van der Waals surface area contributed by atoms with E-state index in [0.717, 1.165) is 38.9 Å². The van der Waals surface area contributed by atoms with E-state index in [1.807, 2.05) is 11.9 Å². The zero-order chi connectivity index (χ0) is 14.4. The van der Waals surface area contributed by atoms with Crippen LogP contribution in [0.4, 0.5) is 0 Å². The monoisotopic (exact) mass is 353 g/mol. The molecule has 2 aliphatic rings. The molecule has 1 N–H and O–H groups in total. The fourth-order valence-corrected chi connectivity index (χ4v) is 3.53. The fraction of sp³-hybridized carbons (Fsp3) is 0.938. The van der Waals surface area contributed by atoms with E-state index in [2.05, 4.69) is 17.1 Å². The average Bonchev–Trinajstić information content (AvgIpc) is 2.98. The van der Waals surface area contributed by atoms with Crippen molar-refractivity contribution in [1.82, 2.24) is 15.1 Å². The van der Waals surface area contributed by atoms with Crippen molar-refractivity contribution >= 4 is 30.7 Å². The second-order valence-electron chi connectivity index (χ2n) is 6.41. The molecular weight excluding hydrogens is 321 g/mol. The van der Waals surface area contributed by atoms with Crippen molar-refractivity contribution in [1.29, 1.82) is 0 Å². The summed E-state index contributed by atoms with van der Waals surface area (Å²) in [7, 11) is 2.00. The number of nitrogens with zero attached hydrogens (tertiary/aromatic N) is 2. The van der Waals surface area contributed by atoms with Crippen molar-refractivity contribution in [3.05, 3.63) is 0 Å². The molecule has 132 valence electrons. The van der Waals surface area contributed by atoms with E-state index in [1.165, 1.54) is 25.8 Å². The summed E-state index contributed by atoms with van der Waals surface area (Å²) in [4.78, 5) is 16.8. The van der Waals surface area contributed by atoms with Crippen LogP contribution in [0.1, 0.15) is 51.9 Å². The van der Waals surface area contributed by atoms with Crippen molar-refractivity contribution in [3.8, 4) is 0 Å². The van der Waals surface area contributed by atoms with Gasteiger partial charge in [-0.15, -0.1) is 24.8 Å². The highest BCUT2D eigenvalue weighted by molar-refractivity contribution is 5.85. The lowest BCUT2D eigenvalue weighted by molar-refractivity contribution is -0.133. The molecule has 0 saturated carbocycles. The van der Waals surface area contributed by atoms with Crippen LogP contribution in [0, 0.1) is 0 Å². The van der Waals surface area contributed by atoms with Crippen LogP contribution in [-0.2, 0) is 4.79 Å². The number of hydrogen-bond donors (Lipinski definition) is 1. The van der Waals surface area contributed by atoms with Crippen LogP contribution in [0.5, 0.6) is 0 Å². The molecule has 6 heteroatoms. The van der Waals surface area contributed by atoms with E-state index in [1.54, 1.807) is 0 Å². The first-order valence-electron chi connectivity index (χ1n) is 8.42. The third-order valence-electron chi connectivity index (χ3n) is 4.91. The first kappa shape index (κ1) is 22.0. The minimum atomic E-state index is 0. The molecule has 0 aromatic rings. The molecule has 2 aliphatic heterocycles. The standard InChI is InChI=1S/C16H31N3O.2ClH/c1-3-11-19-12-8-15(9-13-19)18(2)16(20)7-6-14-5-4-10-17-14;;/h14-15,17H,3-13H2,1-2H3;2*1H. The first-order valence-corrected chi connectivity index (χ1v) is 8.42. The van der Waals surface area contributed by atoms with E-state index in [9.17, 15) is 4.79 Å². The second-order valence-corrected chi connectivity index (χ2v) is 6.41. The molecule has 1 unspecified atom stereocenters.